The second-order valence-corrected chi connectivity index (χ2v) is 5.94. The van der Waals surface area contributed by atoms with Gasteiger partial charge >= 0.3 is 0 Å². The van der Waals surface area contributed by atoms with Crippen LogP contribution in [0, 0.1) is 11.7 Å². The lowest BCUT2D eigenvalue weighted by molar-refractivity contribution is -0.121. The topological polar surface area (TPSA) is 64.3 Å². The van der Waals surface area contributed by atoms with E-state index in [1.807, 2.05) is 6.07 Å². The Hall–Kier alpha value is -1.62. The van der Waals surface area contributed by atoms with Crippen LogP contribution in [0.2, 0.25) is 0 Å². The van der Waals surface area contributed by atoms with Crippen LogP contribution in [0.4, 0.5) is 4.39 Å². The van der Waals surface area contributed by atoms with Crippen molar-refractivity contribution in [1.29, 1.82) is 0 Å². The van der Waals surface area contributed by atoms with Gasteiger partial charge in [-0.05, 0) is 23.6 Å². The Bertz CT molecular complexity index is 548. The Morgan fingerprint density at radius 1 is 1.50 bits per heavy atom. The highest BCUT2D eigenvalue weighted by molar-refractivity contribution is 5.76. The first kappa shape index (κ1) is 16.7. The number of nitrogens with two attached hydrogens (primary N) is 1. The van der Waals surface area contributed by atoms with Gasteiger partial charge in [0.05, 0.1) is 12.6 Å². The molecule has 122 valence electrons. The number of rotatable bonds is 5. The zero-order valence-corrected chi connectivity index (χ0v) is 13.5. The first-order chi connectivity index (χ1) is 10.5. The Balaban J connectivity index is 2.37. The summed E-state index contributed by atoms with van der Waals surface area (Å²) in [5.41, 5.74) is 7.68. The lowest BCUT2D eigenvalue weighted by Gasteiger charge is -2.29. The van der Waals surface area contributed by atoms with E-state index < -0.39 is 5.82 Å². The van der Waals surface area contributed by atoms with Gasteiger partial charge in [0.1, 0.15) is 0 Å². The third kappa shape index (κ3) is 3.40. The molecule has 1 amide bonds. The molecule has 3 unspecified atom stereocenters. The standard InChI is InChI=1S/C17H25FN2O2/c1-4-10(3)16(19)11-8-12-14(20-15(21)5-2)6-7-22-17(12)13(18)9-11/h8-10,14,16H,4-7,19H2,1-3H3,(H,20,21). The van der Waals surface area contributed by atoms with Crippen LogP contribution in [0.1, 0.15) is 63.2 Å². The number of ether oxygens (including phenoxy) is 1. The van der Waals surface area contributed by atoms with Crippen LogP contribution in [-0.2, 0) is 4.79 Å². The second-order valence-electron chi connectivity index (χ2n) is 5.94. The molecule has 2 rings (SSSR count). The van der Waals surface area contributed by atoms with Crippen molar-refractivity contribution in [2.75, 3.05) is 6.61 Å². The summed E-state index contributed by atoms with van der Waals surface area (Å²) in [7, 11) is 0. The van der Waals surface area contributed by atoms with Gasteiger partial charge in [0.2, 0.25) is 5.91 Å². The van der Waals surface area contributed by atoms with Crippen LogP contribution in [0.15, 0.2) is 12.1 Å². The maximum Gasteiger partial charge on any atom is 0.220 e. The fraction of sp³-hybridized carbons (Fsp3) is 0.588. The third-order valence-electron chi connectivity index (χ3n) is 4.42. The van der Waals surface area contributed by atoms with Crippen LogP contribution in [0.5, 0.6) is 5.75 Å². The molecule has 3 atom stereocenters. The molecule has 0 aromatic heterocycles. The number of nitrogens with one attached hydrogen (secondary N) is 1. The lowest BCUT2D eigenvalue weighted by atomic mass is 9.89. The summed E-state index contributed by atoms with van der Waals surface area (Å²) in [4.78, 5) is 11.7. The first-order valence-electron chi connectivity index (χ1n) is 7.98. The minimum Gasteiger partial charge on any atom is -0.490 e. The number of amides is 1. The van der Waals surface area contributed by atoms with Crippen LogP contribution >= 0.6 is 0 Å². The largest absolute Gasteiger partial charge is 0.490 e. The van der Waals surface area contributed by atoms with Gasteiger partial charge in [-0.2, -0.15) is 0 Å². The molecule has 1 aliphatic heterocycles. The average Bonchev–Trinajstić information content (AvgIpc) is 2.53. The summed E-state index contributed by atoms with van der Waals surface area (Å²) >= 11 is 0. The van der Waals surface area contributed by atoms with Crippen LogP contribution in [0.25, 0.3) is 0 Å². The summed E-state index contributed by atoms with van der Waals surface area (Å²) in [6.45, 7) is 6.31. The Kier molecular flexibility index (Phi) is 5.40. The molecule has 1 aromatic rings. The van der Waals surface area contributed by atoms with Gasteiger partial charge in [0.15, 0.2) is 11.6 Å². The predicted octanol–water partition coefficient (Wildman–Crippen LogP) is 3.22. The van der Waals surface area contributed by atoms with Crippen molar-refractivity contribution in [3.8, 4) is 5.75 Å². The summed E-state index contributed by atoms with van der Waals surface area (Å²) in [6, 6.07) is 2.90. The van der Waals surface area contributed by atoms with Gasteiger partial charge in [-0.25, -0.2) is 4.39 Å². The monoisotopic (exact) mass is 308 g/mol. The van der Waals surface area contributed by atoms with E-state index in [1.54, 1.807) is 6.92 Å². The normalized spacial score (nSPS) is 19.8. The van der Waals surface area contributed by atoms with Crippen molar-refractivity contribution >= 4 is 5.91 Å². The third-order valence-corrected chi connectivity index (χ3v) is 4.42. The molecule has 1 aliphatic rings. The highest BCUT2D eigenvalue weighted by Gasteiger charge is 2.27. The van der Waals surface area contributed by atoms with Crippen LogP contribution < -0.4 is 15.8 Å². The van der Waals surface area contributed by atoms with E-state index >= 15 is 0 Å². The van der Waals surface area contributed by atoms with E-state index in [4.69, 9.17) is 10.5 Å². The molecule has 0 saturated heterocycles. The van der Waals surface area contributed by atoms with Crippen molar-refractivity contribution < 1.29 is 13.9 Å². The van der Waals surface area contributed by atoms with Gasteiger partial charge in [-0.1, -0.05) is 27.2 Å². The number of hydrogen-bond donors (Lipinski definition) is 2. The molecule has 22 heavy (non-hydrogen) atoms. The molecule has 0 aliphatic carbocycles. The highest BCUT2D eigenvalue weighted by atomic mass is 19.1. The zero-order chi connectivity index (χ0) is 16.3. The molecule has 3 N–H and O–H groups in total. The minimum atomic E-state index is -0.401. The molecule has 1 heterocycles. The molecule has 4 nitrogen and oxygen atoms in total. The minimum absolute atomic E-state index is 0.0464. The molecular weight excluding hydrogens is 283 g/mol. The Morgan fingerprint density at radius 2 is 2.23 bits per heavy atom. The number of benzene rings is 1. The van der Waals surface area contributed by atoms with E-state index in [2.05, 4.69) is 19.2 Å². The maximum atomic E-state index is 14.4. The molecule has 0 fully saturated rings. The van der Waals surface area contributed by atoms with Gasteiger partial charge in [0, 0.05) is 24.4 Å². The van der Waals surface area contributed by atoms with Crippen molar-refractivity contribution in [3.05, 3.63) is 29.1 Å². The van der Waals surface area contributed by atoms with Gasteiger partial charge < -0.3 is 15.8 Å². The van der Waals surface area contributed by atoms with E-state index in [0.717, 1.165) is 12.0 Å². The van der Waals surface area contributed by atoms with Gasteiger partial charge in [-0.15, -0.1) is 0 Å². The first-order valence-corrected chi connectivity index (χ1v) is 7.98. The summed E-state index contributed by atoms with van der Waals surface area (Å²) < 4.78 is 19.8. The van der Waals surface area contributed by atoms with Crippen molar-refractivity contribution in [3.63, 3.8) is 0 Å². The van der Waals surface area contributed by atoms with Crippen molar-refractivity contribution in [1.82, 2.24) is 5.32 Å². The fourth-order valence-corrected chi connectivity index (χ4v) is 2.70. The van der Waals surface area contributed by atoms with E-state index in [9.17, 15) is 9.18 Å². The number of halogens is 1. The van der Waals surface area contributed by atoms with Crippen LogP contribution in [0.3, 0.4) is 0 Å². The second kappa shape index (κ2) is 7.09. The molecule has 0 saturated carbocycles. The number of carbonyl (C=O) groups is 1. The smallest absolute Gasteiger partial charge is 0.220 e. The SMILES string of the molecule is CCC(=O)NC1CCOc2c(F)cc(C(N)C(C)CC)cc21. The maximum absolute atomic E-state index is 14.4. The number of carbonyl (C=O) groups excluding carboxylic acids is 1. The van der Waals surface area contributed by atoms with Crippen LogP contribution in [-0.4, -0.2) is 12.5 Å². The molecule has 0 radical (unpaired) electrons. The quantitative estimate of drug-likeness (QED) is 0.878. The molecular formula is C17H25FN2O2. The van der Waals surface area contributed by atoms with Gasteiger partial charge in [0.25, 0.3) is 0 Å². The molecule has 0 spiro atoms. The molecule has 1 aromatic carbocycles. The van der Waals surface area contributed by atoms with E-state index in [0.29, 0.717) is 25.0 Å². The fourth-order valence-electron chi connectivity index (χ4n) is 2.70. The summed E-state index contributed by atoms with van der Waals surface area (Å²) in [5.74, 6) is 0.0509. The predicted molar refractivity (Wildman–Crippen MR) is 84.1 cm³/mol. The summed E-state index contributed by atoms with van der Waals surface area (Å²) in [6.07, 6.45) is 1.97. The zero-order valence-electron chi connectivity index (χ0n) is 13.5. The van der Waals surface area contributed by atoms with Gasteiger partial charge in [-0.3, -0.25) is 4.79 Å². The summed E-state index contributed by atoms with van der Waals surface area (Å²) in [5, 5.41) is 2.93. The van der Waals surface area contributed by atoms with Crippen molar-refractivity contribution in [2.24, 2.45) is 11.7 Å². The Labute approximate surface area is 131 Å². The Morgan fingerprint density at radius 3 is 2.86 bits per heavy atom. The highest BCUT2D eigenvalue weighted by Crippen LogP contribution is 2.37. The molecule has 0 bridgehead atoms. The number of fused-ring (bicyclic) bond motifs is 1. The van der Waals surface area contributed by atoms with E-state index in [-0.39, 0.29) is 29.7 Å². The lowest BCUT2D eigenvalue weighted by Crippen LogP contribution is -2.32. The van der Waals surface area contributed by atoms with Crippen molar-refractivity contribution in [2.45, 2.75) is 52.1 Å². The molecule has 5 heteroatoms. The average molecular weight is 308 g/mol. The number of hydrogen-bond acceptors (Lipinski definition) is 3. The van der Waals surface area contributed by atoms with E-state index in [1.165, 1.54) is 6.07 Å².